The summed E-state index contributed by atoms with van der Waals surface area (Å²) < 4.78 is 12.1. The van der Waals surface area contributed by atoms with Crippen molar-refractivity contribution in [1.82, 2.24) is 0 Å². The Morgan fingerprint density at radius 1 is 0.689 bits per heavy atom. The zero-order valence-electron chi connectivity index (χ0n) is 25.3. The zero-order chi connectivity index (χ0) is 30.7. The Balaban J connectivity index is 1.11. The van der Waals surface area contributed by atoms with E-state index in [2.05, 4.69) is 41.6 Å². The largest absolute Gasteiger partial charge is 0.426 e. The lowest BCUT2D eigenvalue weighted by atomic mass is 9.69. The Kier molecular flexibility index (Phi) is 9.78. The average Bonchev–Trinajstić information content (AvgIpc) is 3.12. The summed E-state index contributed by atoms with van der Waals surface area (Å²) in [6.45, 7) is 0.397. The molecule has 1 unspecified atom stereocenters. The van der Waals surface area contributed by atoms with E-state index in [0.717, 1.165) is 65.5 Å². The zero-order valence-corrected chi connectivity index (χ0v) is 25.3. The molecular formula is C40H37NO4. The molecule has 5 nitrogen and oxygen atoms in total. The van der Waals surface area contributed by atoms with Gasteiger partial charge in [-0.05, 0) is 64.9 Å². The molecule has 226 valence electrons. The fourth-order valence-corrected chi connectivity index (χ4v) is 5.90. The first-order valence-electron chi connectivity index (χ1n) is 15.6. The van der Waals surface area contributed by atoms with Crippen molar-refractivity contribution in [3.63, 3.8) is 0 Å². The molecule has 0 radical (unpaired) electrons. The fourth-order valence-electron chi connectivity index (χ4n) is 5.90. The van der Waals surface area contributed by atoms with Crippen molar-refractivity contribution in [3.8, 4) is 16.9 Å². The molecule has 45 heavy (non-hydrogen) atoms. The Morgan fingerprint density at radius 2 is 1.29 bits per heavy atom. The molecule has 5 aromatic carbocycles. The number of carbonyl (C=O) groups is 1. The number of benzene rings is 5. The highest BCUT2D eigenvalue weighted by molar-refractivity contribution is 5.86. The maximum atomic E-state index is 13.8. The van der Waals surface area contributed by atoms with Gasteiger partial charge in [-0.25, -0.2) is 0 Å². The van der Waals surface area contributed by atoms with Crippen LogP contribution in [0.2, 0.25) is 0 Å². The van der Waals surface area contributed by atoms with E-state index < -0.39 is 11.7 Å². The van der Waals surface area contributed by atoms with E-state index in [4.69, 9.17) is 14.3 Å². The molecular weight excluding hydrogens is 558 g/mol. The lowest BCUT2D eigenvalue weighted by molar-refractivity contribution is -0.153. The SMILES string of the molecule is O=C(Oc1ccc(C=NOC(OCc2ccccc2)c2ccccc2)cc1)C1(c2ccc(-c3ccccc3)cc2)CCCCC1. The molecule has 1 fully saturated rings. The maximum Gasteiger partial charge on any atom is 0.321 e. The summed E-state index contributed by atoms with van der Waals surface area (Å²) in [7, 11) is 0. The molecule has 6 rings (SSSR count). The summed E-state index contributed by atoms with van der Waals surface area (Å²) >= 11 is 0. The number of esters is 1. The molecule has 0 aromatic heterocycles. The van der Waals surface area contributed by atoms with Crippen molar-refractivity contribution >= 4 is 12.2 Å². The van der Waals surface area contributed by atoms with E-state index in [1.165, 1.54) is 0 Å². The van der Waals surface area contributed by atoms with Gasteiger partial charge < -0.3 is 14.3 Å². The van der Waals surface area contributed by atoms with Crippen LogP contribution in [0.1, 0.15) is 60.6 Å². The summed E-state index contributed by atoms with van der Waals surface area (Å²) in [6.07, 6.45) is 5.69. The van der Waals surface area contributed by atoms with Crippen LogP contribution < -0.4 is 4.74 Å². The van der Waals surface area contributed by atoms with E-state index >= 15 is 0 Å². The van der Waals surface area contributed by atoms with Gasteiger partial charge in [-0.1, -0.05) is 140 Å². The van der Waals surface area contributed by atoms with E-state index in [0.29, 0.717) is 12.4 Å². The van der Waals surface area contributed by atoms with E-state index in [1.807, 2.05) is 91.0 Å². The molecule has 0 N–H and O–H groups in total. The summed E-state index contributed by atoms with van der Waals surface area (Å²) in [4.78, 5) is 19.6. The standard InChI is InChI=1S/C40H37NO4/c42-39(40(27-11-4-12-28-40)36-23-21-34(22-24-36)33-15-7-2-8-16-33)44-37-25-19-31(20-26-37)29-41-45-38(35-17-9-3-10-18-35)43-30-32-13-5-1-6-14-32/h1-3,5-10,13-26,29,38H,4,11-12,27-28,30H2. The van der Waals surface area contributed by atoms with Gasteiger partial charge in [0, 0.05) is 5.56 Å². The lowest BCUT2D eigenvalue weighted by Gasteiger charge is -2.35. The number of hydrogen-bond acceptors (Lipinski definition) is 5. The molecule has 0 heterocycles. The quantitative estimate of drug-likeness (QED) is 0.0502. The lowest BCUT2D eigenvalue weighted by Crippen LogP contribution is -2.41. The Bertz CT molecular complexity index is 1660. The molecule has 0 saturated heterocycles. The summed E-state index contributed by atoms with van der Waals surface area (Å²) in [5.41, 5.74) is 5.41. The fraction of sp³-hybridized carbons (Fsp3) is 0.200. The second-order valence-corrected chi connectivity index (χ2v) is 11.4. The highest BCUT2D eigenvalue weighted by Crippen LogP contribution is 2.41. The number of oxime groups is 1. The van der Waals surface area contributed by atoms with Gasteiger partial charge in [0.2, 0.25) is 0 Å². The molecule has 1 aliphatic rings. The van der Waals surface area contributed by atoms with Gasteiger partial charge in [0.1, 0.15) is 5.75 Å². The van der Waals surface area contributed by atoms with Gasteiger partial charge in [0.05, 0.1) is 18.2 Å². The first-order chi connectivity index (χ1) is 22.2. The first kappa shape index (κ1) is 30.0. The summed E-state index contributed by atoms with van der Waals surface area (Å²) in [6, 6.07) is 45.7. The summed E-state index contributed by atoms with van der Waals surface area (Å²) in [5, 5.41) is 4.22. The van der Waals surface area contributed by atoms with Crippen molar-refractivity contribution in [2.45, 2.75) is 50.4 Å². The van der Waals surface area contributed by atoms with Crippen molar-refractivity contribution in [2.75, 3.05) is 0 Å². The topological polar surface area (TPSA) is 57.1 Å². The molecule has 0 spiro atoms. The summed E-state index contributed by atoms with van der Waals surface area (Å²) in [5.74, 6) is 0.318. The molecule has 0 aliphatic heterocycles. The van der Waals surface area contributed by atoms with E-state index in [9.17, 15) is 4.79 Å². The number of ether oxygens (including phenoxy) is 2. The van der Waals surface area contributed by atoms with Gasteiger partial charge in [0.25, 0.3) is 6.29 Å². The van der Waals surface area contributed by atoms with Crippen LogP contribution in [0.5, 0.6) is 5.75 Å². The number of rotatable bonds is 11. The molecule has 1 atom stereocenters. The van der Waals surface area contributed by atoms with Crippen LogP contribution >= 0.6 is 0 Å². The van der Waals surface area contributed by atoms with Crippen LogP contribution in [0, 0.1) is 0 Å². The van der Waals surface area contributed by atoms with Crippen molar-refractivity contribution in [1.29, 1.82) is 0 Å². The Hall–Kier alpha value is -5.00. The third-order valence-corrected chi connectivity index (χ3v) is 8.41. The molecule has 1 saturated carbocycles. The minimum absolute atomic E-state index is 0.194. The van der Waals surface area contributed by atoms with Crippen LogP contribution in [-0.2, 0) is 26.4 Å². The smallest absolute Gasteiger partial charge is 0.321 e. The molecule has 0 amide bonds. The van der Waals surface area contributed by atoms with Gasteiger partial charge >= 0.3 is 5.97 Å². The van der Waals surface area contributed by atoms with Gasteiger partial charge in [-0.15, -0.1) is 0 Å². The normalized spacial score (nSPS) is 14.9. The average molecular weight is 596 g/mol. The third kappa shape index (κ3) is 7.57. The minimum Gasteiger partial charge on any atom is -0.426 e. The molecule has 0 bridgehead atoms. The third-order valence-electron chi connectivity index (χ3n) is 8.41. The van der Waals surface area contributed by atoms with Crippen molar-refractivity contribution in [2.24, 2.45) is 5.16 Å². The van der Waals surface area contributed by atoms with Crippen LogP contribution in [-0.4, -0.2) is 12.2 Å². The molecule has 5 aromatic rings. The first-order valence-corrected chi connectivity index (χ1v) is 15.6. The highest BCUT2D eigenvalue weighted by atomic mass is 16.8. The van der Waals surface area contributed by atoms with E-state index in [1.54, 1.807) is 18.3 Å². The van der Waals surface area contributed by atoms with Gasteiger partial charge in [0.15, 0.2) is 0 Å². The maximum absolute atomic E-state index is 13.8. The van der Waals surface area contributed by atoms with Crippen LogP contribution in [0.3, 0.4) is 0 Å². The van der Waals surface area contributed by atoms with Gasteiger partial charge in [-0.2, -0.15) is 0 Å². The van der Waals surface area contributed by atoms with E-state index in [-0.39, 0.29) is 5.97 Å². The Morgan fingerprint density at radius 3 is 1.96 bits per heavy atom. The Labute approximate surface area is 265 Å². The van der Waals surface area contributed by atoms with Crippen molar-refractivity contribution < 1.29 is 19.1 Å². The highest BCUT2D eigenvalue weighted by Gasteiger charge is 2.43. The minimum atomic E-state index is -0.656. The van der Waals surface area contributed by atoms with Gasteiger partial charge in [-0.3, -0.25) is 4.79 Å². The van der Waals surface area contributed by atoms with Crippen LogP contribution in [0.25, 0.3) is 11.1 Å². The molecule has 5 heteroatoms. The predicted molar refractivity (Wildman–Crippen MR) is 178 cm³/mol. The van der Waals surface area contributed by atoms with Crippen LogP contribution in [0.4, 0.5) is 0 Å². The number of hydrogen-bond donors (Lipinski definition) is 0. The monoisotopic (exact) mass is 595 g/mol. The number of carbonyl (C=O) groups excluding carboxylic acids is 1. The second-order valence-electron chi connectivity index (χ2n) is 11.4. The number of nitrogens with zero attached hydrogens (tertiary/aromatic N) is 1. The predicted octanol–water partition coefficient (Wildman–Crippen LogP) is 9.43. The molecule has 1 aliphatic carbocycles. The van der Waals surface area contributed by atoms with Crippen LogP contribution in [0.15, 0.2) is 145 Å². The van der Waals surface area contributed by atoms with Crippen molar-refractivity contribution in [3.05, 3.63) is 162 Å². The second kappa shape index (κ2) is 14.7.